The van der Waals surface area contributed by atoms with Gasteiger partial charge in [0.2, 0.25) is 5.82 Å². The van der Waals surface area contributed by atoms with Gasteiger partial charge in [-0.3, -0.25) is 4.40 Å². The second-order valence-corrected chi connectivity index (χ2v) is 6.18. The van der Waals surface area contributed by atoms with E-state index in [-0.39, 0.29) is 5.65 Å². The summed E-state index contributed by atoms with van der Waals surface area (Å²) < 4.78 is 45.7. The van der Waals surface area contributed by atoms with Gasteiger partial charge < -0.3 is 4.74 Å². The molecule has 0 unspecified atom stereocenters. The molecule has 4 aromatic rings. The predicted molar refractivity (Wildman–Crippen MR) is 95.0 cm³/mol. The highest BCUT2D eigenvalue weighted by molar-refractivity contribution is 6.30. The Labute approximate surface area is 156 Å². The summed E-state index contributed by atoms with van der Waals surface area (Å²) in [4.78, 5) is 0. The summed E-state index contributed by atoms with van der Waals surface area (Å²) in [5, 5.41) is 7.39. The highest BCUT2D eigenvalue weighted by Crippen LogP contribution is 2.30. The number of benzene rings is 2. The number of nitrogens with zero attached hydrogens (tertiary/aromatic N) is 3. The molecule has 0 aliphatic heterocycles. The normalized spacial score (nSPS) is 11.7. The van der Waals surface area contributed by atoms with Gasteiger partial charge in [0.05, 0.1) is 0 Å². The first-order chi connectivity index (χ1) is 12.9. The van der Waals surface area contributed by atoms with Crippen LogP contribution in [0.5, 0.6) is 11.5 Å². The summed E-state index contributed by atoms with van der Waals surface area (Å²) in [6.45, 7) is 0. The Morgan fingerprint density at radius 2 is 1.37 bits per heavy atom. The maximum atomic E-state index is 13.0. The fourth-order valence-corrected chi connectivity index (χ4v) is 2.73. The van der Waals surface area contributed by atoms with Crippen molar-refractivity contribution in [3.05, 3.63) is 77.7 Å². The molecule has 0 fully saturated rings. The molecule has 136 valence electrons. The smallest absolute Gasteiger partial charge is 0.452 e. The average molecular weight is 390 g/mol. The Morgan fingerprint density at radius 3 is 2.00 bits per heavy atom. The zero-order valence-electron chi connectivity index (χ0n) is 13.6. The molecule has 2 aromatic carbocycles. The quantitative estimate of drug-likeness (QED) is 0.440. The standard InChI is InChI=1S/C19H11ClF3N3O/c20-14-4-8-16(9-5-14)27-15-6-1-12(2-7-15)13-3-10-17-24-25-18(19(21,22)23)26(17)11-13/h1-11H. The molecule has 2 heterocycles. The molecule has 0 atom stereocenters. The van der Waals surface area contributed by atoms with E-state index in [4.69, 9.17) is 16.3 Å². The van der Waals surface area contributed by atoms with Gasteiger partial charge in [-0.25, -0.2) is 0 Å². The minimum atomic E-state index is -4.58. The average Bonchev–Trinajstić information content (AvgIpc) is 3.08. The first-order valence-electron chi connectivity index (χ1n) is 7.86. The van der Waals surface area contributed by atoms with Gasteiger partial charge in [0.25, 0.3) is 0 Å². The SMILES string of the molecule is FC(F)(F)c1nnc2ccc(-c3ccc(Oc4ccc(Cl)cc4)cc3)cn12. The third kappa shape index (κ3) is 3.59. The fraction of sp³-hybridized carbons (Fsp3) is 0.0526. The van der Waals surface area contributed by atoms with Gasteiger partial charge in [0, 0.05) is 11.2 Å². The van der Waals surface area contributed by atoms with E-state index in [1.165, 1.54) is 12.3 Å². The molecule has 0 spiro atoms. The van der Waals surface area contributed by atoms with Crippen LogP contribution >= 0.6 is 11.6 Å². The van der Waals surface area contributed by atoms with E-state index in [0.717, 1.165) is 9.96 Å². The number of rotatable bonds is 3. The van der Waals surface area contributed by atoms with Gasteiger partial charge in [-0.05, 0) is 59.7 Å². The van der Waals surface area contributed by atoms with Crippen molar-refractivity contribution in [2.45, 2.75) is 6.18 Å². The molecule has 4 nitrogen and oxygen atoms in total. The van der Waals surface area contributed by atoms with E-state index in [2.05, 4.69) is 10.2 Å². The number of hydrogen-bond donors (Lipinski definition) is 0. The molecule has 0 N–H and O–H groups in total. The van der Waals surface area contributed by atoms with E-state index in [1.807, 2.05) is 0 Å². The van der Waals surface area contributed by atoms with Gasteiger partial charge in [-0.15, -0.1) is 10.2 Å². The van der Waals surface area contributed by atoms with Crippen molar-refractivity contribution in [3.63, 3.8) is 0 Å². The van der Waals surface area contributed by atoms with Crippen molar-refractivity contribution in [2.75, 3.05) is 0 Å². The number of pyridine rings is 1. The number of aromatic nitrogens is 3. The minimum absolute atomic E-state index is 0.133. The lowest BCUT2D eigenvalue weighted by molar-refractivity contribution is -0.145. The second-order valence-electron chi connectivity index (χ2n) is 5.75. The van der Waals surface area contributed by atoms with Gasteiger partial charge in [-0.1, -0.05) is 23.7 Å². The molecule has 27 heavy (non-hydrogen) atoms. The van der Waals surface area contributed by atoms with E-state index in [0.29, 0.717) is 22.1 Å². The van der Waals surface area contributed by atoms with E-state index in [9.17, 15) is 13.2 Å². The van der Waals surface area contributed by atoms with Gasteiger partial charge >= 0.3 is 6.18 Å². The van der Waals surface area contributed by atoms with Crippen LogP contribution in [0.2, 0.25) is 5.02 Å². The molecule has 2 aromatic heterocycles. The highest BCUT2D eigenvalue weighted by atomic mass is 35.5. The molecule has 0 aliphatic carbocycles. The topological polar surface area (TPSA) is 39.4 Å². The maximum Gasteiger partial charge on any atom is 0.452 e. The van der Waals surface area contributed by atoms with Crippen LogP contribution in [0.25, 0.3) is 16.8 Å². The third-order valence-corrected chi connectivity index (χ3v) is 4.14. The Kier molecular flexibility index (Phi) is 4.24. The Morgan fingerprint density at radius 1 is 0.778 bits per heavy atom. The number of fused-ring (bicyclic) bond motifs is 1. The summed E-state index contributed by atoms with van der Waals surface area (Å²) in [6, 6.07) is 17.1. The molecule has 0 saturated carbocycles. The summed E-state index contributed by atoms with van der Waals surface area (Å²) in [5.41, 5.74) is 1.47. The predicted octanol–water partition coefficient (Wildman–Crippen LogP) is 5.86. The largest absolute Gasteiger partial charge is 0.457 e. The molecular formula is C19H11ClF3N3O. The molecule has 0 saturated heterocycles. The molecule has 4 rings (SSSR count). The van der Waals surface area contributed by atoms with Crippen molar-refractivity contribution >= 4 is 17.2 Å². The van der Waals surface area contributed by atoms with Crippen LogP contribution in [0.3, 0.4) is 0 Å². The number of ether oxygens (including phenoxy) is 1. The van der Waals surface area contributed by atoms with E-state index >= 15 is 0 Å². The lowest BCUT2D eigenvalue weighted by atomic mass is 10.1. The van der Waals surface area contributed by atoms with E-state index in [1.54, 1.807) is 54.6 Å². The zero-order valence-corrected chi connectivity index (χ0v) is 14.4. The molecule has 0 bridgehead atoms. The van der Waals surface area contributed by atoms with Crippen molar-refractivity contribution < 1.29 is 17.9 Å². The molecule has 0 aliphatic rings. The number of hydrogen-bond acceptors (Lipinski definition) is 3. The fourth-order valence-electron chi connectivity index (χ4n) is 2.61. The third-order valence-electron chi connectivity index (χ3n) is 3.89. The van der Waals surface area contributed by atoms with Crippen LogP contribution in [0, 0.1) is 0 Å². The van der Waals surface area contributed by atoms with Crippen LogP contribution in [0.15, 0.2) is 66.9 Å². The summed E-state index contributed by atoms with van der Waals surface area (Å²) >= 11 is 5.84. The van der Waals surface area contributed by atoms with Crippen molar-refractivity contribution in [1.29, 1.82) is 0 Å². The lowest BCUT2D eigenvalue weighted by Gasteiger charge is -2.08. The summed E-state index contributed by atoms with van der Waals surface area (Å²) in [6.07, 6.45) is -3.21. The first kappa shape index (κ1) is 17.4. The minimum Gasteiger partial charge on any atom is -0.457 e. The second kappa shape index (κ2) is 6.59. The van der Waals surface area contributed by atoms with Crippen LogP contribution in [-0.2, 0) is 6.18 Å². The van der Waals surface area contributed by atoms with Gasteiger partial charge in [-0.2, -0.15) is 13.2 Å². The van der Waals surface area contributed by atoms with Crippen LogP contribution < -0.4 is 4.74 Å². The Balaban J connectivity index is 1.62. The molecule has 8 heteroatoms. The van der Waals surface area contributed by atoms with Crippen LogP contribution in [-0.4, -0.2) is 14.6 Å². The Bertz CT molecular complexity index is 1090. The van der Waals surface area contributed by atoms with Gasteiger partial charge in [0.1, 0.15) is 11.5 Å². The zero-order chi connectivity index (χ0) is 19.0. The van der Waals surface area contributed by atoms with Gasteiger partial charge in [0.15, 0.2) is 5.65 Å². The van der Waals surface area contributed by atoms with Crippen LogP contribution in [0.1, 0.15) is 5.82 Å². The van der Waals surface area contributed by atoms with Crippen molar-refractivity contribution in [3.8, 4) is 22.6 Å². The molecule has 0 amide bonds. The van der Waals surface area contributed by atoms with E-state index < -0.39 is 12.0 Å². The van der Waals surface area contributed by atoms with Crippen LogP contribution in [0.4, 0.5) is 13.2 Å². The van der Waals surface area contributed by atoms with Crippen molar-refractivity contribution in [1.82, 2.24) is 14.6 Å². The monoisotopic (exact) mass is 389 g/mol. The maximum absolute atomic E-state index is 13.0. The first-order valence-corrected chi connectivity index (χ1v) is 8.24. The van der Waals surface area contributed by atoms with Crippen molar-refractivity contribution in [2.24, 2.45) is 0 Å². The highest BCUT2D eigenvalue weighted by Gasteiger charge is 2.36. The Hall–Kier alpha value is -3.06. The number of alkyl halides is 3. The lowest BCUT2D eigenvalue weighted by Crippen LogP contribution is -2.10. The molecule has 0 radical (unpaired) electrons. The summed E-state index contributed by atoms with van der Waals surface area (Å²) in [5.74, 6) is 0.178. The molecular weight excluding hydrogens is 379 g/mol. The number of halogens is 4. The summed E-state index contributed by atoms with van der Waals surface area (Å²) in [7, 11) is 0.